The van der Waals surface area contributed by atoms with Crippen molar-refractivity contribution in [2.45, 2.75) is 25.8 Å². The molecule has 0 saturated carbocycles. The summed E-state index contributed by atoms with van der Waals surface area (Å²) in [7, 11) is 0. The molecule has 1 aliphatic rings. The van der Waals surface area contributed by atoms with Crippen molar-refractivity contribution in [2.75, 3.05) is 19.7 Å². The first kappa shape index (κ1) is 19.2. The summed E-state index contributed by atoms with van der Waals surface area (Å²) >= 11 is 1.66. The first-order valence-corrected chi connectivity index (χ1v) is 10.0. The summed E-state index contributed by atoms with van der Waals surface area (Å²) in [6.45, 7) is 3.40. The summed E-state index contributed by atoms with van der Waals surface area (Å²) in [6, 6.07) is 14.4. The van der Waals surface area contributed by atoms with Crippen LogP contribution in [0.15, 0.2) is 48.5 Å². The van der Waals surface area contributed by atoms with Gasteiger partial charge in [-0.05, 0) is 43.5 Å². The highest BCUT2D eigenvalue weighted by molar-refractivity contribution is 7.16. The van der Waals surface area contributed by atoms with Crippen molar-refractivity contribution >= 4 is 29.4 Å². The van der Waals surface area contributed by atoms with Crippen LogP contribution in [-0.4, -0.2) is 42.6 Å². The summed E-state index contributed by atoms with van der Waals surface area (Å²) in [4.78, 5) is 27.8. The number of nitrogens with one attached hydrogen (secondary N) is 1. The second kappa shape index (κ2) is 9.37. The van der Waals surface area contributed by atoms with Crippen LogP contribution in [-0.2, 0) is 9.53 Å². The Hall–Kier alpha value is -2.60. The lowest BCUT2D eigenvalue weighted by Gasteiger charge is -2.31. The van der Waals surface area contributed by atoms with Crippen LogP contribution in [0.25, 0.3) is 16.5 Å². The number of hydrogen-bond acceptors (Lipinski definition) is 4. The van der Waals surface area contributed by atoms with Crippen molar-refractivity contribution in [3.63, 3.8) is 0 Å². The molecule has 1 saturated heterocycles. The molecule has 1 fully saturated rings. The highest BCUT2D eigenvalue weighted by Crippen LogP contribution is 2.28. The molecule has 3 rings (SSSR count). The maximum absolute atomic E-state index is 12.2. The number of carbonyl (C=O) groups excluding carboxylic acids is 2. The van der Waals surface area contributed by atoms with E-state index in [1.807, 2.05) is 30.3 Å². The van der Waals surface area contributed by atoms with E-state index < -0.39 is 0 Å². The Labute approximate surface area is 163 Å². The molecule has 1 aromatic heterocycles. The monoisotopic (exact) mass is 384 g/mol. The first-order valence-electron chi connectivity index (χ1n) is 9.21. The second-order valence-electron chi connectivity index (χ2n) is 6.37. The van der Waals surface area contributed by atoms with E-state index in [1.54, 1.807) is 29.2 Å². The molecule has 2 amide bonds. The van der Waals surface area contributed by atoms with Crippen molar-refractivity contribution < 1.29 is 14.3 Å². The lowest BCUT2D eigenvalue weighted by atomic mass is 10.1. The molecular weight excluding hydrogens is 360 g/mol. The van der Waals surface area contributed by atoms with Gasteiger partial charge in [-0.25, -0.2) is 4.79 Å². The standard InChI is InChI=1S/C21H24N2O3S/c1-2-26-21(25)23-14-12-17(13-15-23)22-20(24)11-9-18-8-10-19(27-18)16-6-4-3-5-7-16/h3-11,17H,2,12-15H2,1H3,(H,22,24)/b11-9+. The quantitative estimate of drug-likeness (QED) is 0.788. The zero-order valence-corrected chi connectivity index (χ0v) is 16.2. The lowest BCUT2D eigenvalue weighted by molar-refractivity contribution is -0.117. The Bertz CT molecular complexity index is 793. The second-order valence-corrected chi connectivity index (χ2v) is 7.49. The fraction of sp³-hybridized carbons (Fsp3) is 0.333. The van der Waals surface area contributed by atoms with Gasteiger partial charge in [0.25, 0.3) is 0 Å². The van der Waals surface area contributed by atoms with Gasteiger partial charge in [-0.1, -0.05) is 30.3 Å². The molecule has 0 unspecified atom stereocenters. The van der Waals surface area contributed by atoms with Crippen molar-refractivity contribution in [1.29, 1.82) is 0 Å². The van der Waals surface area contributed by atoms with Gasteiger partial charge in [0.1, 0.15) is 0 Å². The Morgan fingerprint density at radius 3 is 2.63 bits per heavy atom. The summed E-state index contributed by atoms with van der Waals surface area (Å²) in [6.07, 6.45) is 4.65. The lowest BCUT2D eigenvalue weighted by Crippen LogP contribution is -2.46. The van der Waals surface area contributed by atoms with Crippen LogP contribution in [0.5, 0.6) is 0 Å². The number of ether oxygens (including phenoxy) is 1. The number of thiophene rings is 1. The largest absolute Gasteiger partial charge is 0.450 e. The third-order valence-corrected chi connectivity index (χ3v) is 5.55. The Morgan fingerprint density at radius 2 is 1.93 bits per heavy atom. The SMILES string of the molecule is CCOC(=O)N1CCC(NC(=O)/C=C/c2ccc(-c3ccccc3)s2)CC1. The van der Waals surface area contributed by atoms with Gasteiger partial charge in [0.05, 0.1) is 6.61 Å². The third-order valence-electron chi connectivity index (χ3n) is 4.45. The summed E-state index contributed by atoms with van der Waals surface area (Å²) in [5, 5.41) is 3.02. The van der Waals surface area contributed by atoms with Gasteiger partial charge < -0.3 is 15.0 Å². The summed E-state index contributed by atoms with van der Waals surface area (Å²) < 4.78 is 5.01. The van der Waals surface area contributed by atoms with Crippen molar-refractivity contribution in [3.8, 4) is 10.4 Å². The molecule has 27 heavy (non-hydrogen) atoms. The van der Waals surface area contributed by atoms with Crippen LogP contribution in [0, 0.1) is 0 Å². The number of carbonyl (C=O) groups is 2. The molecule has 5 nitrogen and oxygen atoms in total. The van der Waals surface area contributed by atoms with Crippen LogP contribution in [0.1, 0.15) is 24.6 Å². The van der Waals surface area contributed by atoms with E-state index in [0.29, 0.717) is 19.7 Å². The van der Waals surface area contributed by atoms with Gasteiger partial charge in [-0.15, -0.1) is 11.3 Å². The molecule has 2 aromatic rings. The highest BCUT2D eigenvalue weighted by atomic mass is 32.1. The smallest absolute Gasteiger partial charge is 0.409 e. The Balaban J connectivity index is 1.47. The van der Waals surface area contributed by atoms with Crippen LogP contribution in [0.2, 0.25) is 0 Å². The minimum Gasteiger partial charge on any atom is -0.450 e. The minimum atomic E-state index is -0.269. The van der Waals surface area contributed by atoms with Gasteiger partial charge in [0.2, 0.25) is 5.91 Å². The summed E-state index contributed by atoms with van der Waals surface area (Å²) in [5.41, 5.74) is 1.18. The average Bonchev–Trinajstić information content (AvgIpc) is 3.17. The number of rotatable bonds is 5. The molecule has 0 aliphatic carbocycles. The molecule has 1 aliphatic heterocycles. The van der Waals surface area contributed by atoms with Crippen LogP contribution in [0.3, 0.4) is 0 Å². The topological polar surface area (TPSA) is 58.6 Å². The molecule has 6 heteroatoms. The van der Waals surface area contributed by atoms with Gasteiger partial charge in [-0.3, -0.25) is 4.79 Å². The molecule has 142 valence electrons. The number of likely N-dealkylation sites (tertiary alicyclic amines) is 1. The predicted octanol–water partition coefficient (Wildman–Crippen LogP) is 4.17. The number of amides is 2. The molecule has 0 atom stereocenters. The van der Waals surface area contributed by atoms with E-state index in [-0.39, 0.29) is 18.0 Å². The number of benzene rings is 1. The fourth-order valence-electron chi connectivity index (χ4n) is 3.03. The van der Waals surface area contributed by atoms with Crippen LogP contribution < -0.4 is 5.32 Å². The maximum Gasteiger partial charge on any atom is 0.409 e. The first-order chi connectivity index (χ1) is 13.2. The molecule has 2 heterocycles. The molecule has 0 bridgehead atoms. The van der Waals surface area contributed by atoms with E-state index in [1.165, 1.54) is 10.4 Å². The van der Waals surface area contributed by atoms with E-state index in [0.717, 1.165) is 17.7 Å². The average molecular weight is 385 g/mol. The Morgan fingerprint density at radius 1 is 1.19 bits per heavy atom. The molecule has 0 radical (unpaired) electrons. The van der Waals surface area contributed by atoms with Crippen LogP contribution >= 0.6 is 11.3 Å². The zero-order chi connectivity index (χ0) is 19.1. The van der Waals surface area contributed by atoms with Gasteiger partial charge in [0, 0.05) is 35.0 Å². The predicted molar refractivity (Wildman–Crippen MR) is 109 cm³/mol. The fourth-order valence-corrected chi connectivity index (χ4v) is 3.94. The minimum absolute atomic E-state index is 0.0936. The van der Waals surface area contributed by atoms with Gasteiger partial charge in [0.15, 0.2) is 0 Å². The van der Waals surface area contributed by atoms with E-state index in [4.69, 9.17) is 4.74 Å². The zero-order valence-electron chi connectivity index (χ0n) is 15.4. The van der Waals surface area contributed by atoms with Crippen LogP contribution in [0.4, 0.5) is 4.79 Å². The van der Waals surface area contributed by atoms with Gasteiger partial charge in [-0.2, -0.15) is 0 Å². The Kier molecular flexibility index (Phi) is 6.65. The number of hydrogen-bond donors (Lipinski definition) is 1. The molecule has 1 N–H and O–H groups in total. The number of piperidine rings is 1. The molecule has 1 aromatic carbocycles. The van der Waals surface area contributed by atoms with Gasteiger partial charge >= 0.3 is 6.09 Å². The summed E-state index contributed by atoms with van der Waals surface area (Å²) in [5.74, 6) is -0.0979. The maximum atomic E-state index is 12.2. The normalized spacial score (nSPS) is 15.1. The van der Waals surface area contributed by atoms with Crippen molar-refractivity contribution in [2.24, 2.45) is 0 Å². The van der Waals surface area contributed by atoms with E-state index in [2.05, 4.69) is 23.5 Å². The molecular formula is C21H24N2O3S. The van der Waals surface area contributed by atoms with E-state index >= 15 is 0 Å². The van der Waals surface area contributed by atoms with Crippen molar-refractivity contribution in [1.82, 2.24) is 10.2 Å². The van der Waals surface area contributed by atoms with E-state index in [9.17, 15) is 9.59 Å². The third kappa shape index (κ3) is 5.44. The van der Waals surface area contributed by atoms with Crippen molar-refractivity contribution in [3.05, 3.63) is 53.4 Å². The number of nitrogens with zero attached hydrogens (tertiary/aromatic N) is 1. The molecule has 0 spiro atoms. The highest BCUT2D eigenvalue weighted by Gasteiger charge is 2.23.